The Morgan fingerprint density at radius 2 is 1.85 bits per heavy atom. The molecule has 0 atom stereocenters. The van der Waals surface area contributed by atoms with Crippen LogP contribution in [0.4, 0.5) is 13.2 Å². The van der Waals surface area contributed by atoms with E-state index in [4.69, 9.17) is 5.11 Å². The molecule has 13 heavy (non-hydrogen) atoms. The molecule has 0 heterocycles. The maximum absolute atomic E-state index is 11.6. The first-order valence-corrected chi connectivity index (χ1v) is 3.65. The average Bonchev–Trinajstić information content (AvgIpc) is 2.02. The number of rotatable bonds is 5. The van der Waals surface area contributed by atoms with E-state index < -0.39 is 12.1 Å². The number of carbonyl (C=O) groups is 1. The van der Waals surface area contributed by atoms with Crippen molar-refractivity contribution in [3.05, 3.63) is 0 Å². The summed E-state index contributed by atoms with van der Waals surface area (Å²) < 4.78 is 34.7. The Morgan fingerprint density at radius 3 is 2.31 bits per heavy atom. The number of hydrogen-bond donors (Lipinski definition) is 3. The maximum Gasteiger partial charge on any atom is 0.471 e. The fourth-order valence-corrected chi connectivity index (χ4v) is 0.569. The van der Waals surface area contributed by atoms with Gasteiger partial charge in [-0.2, -0.15) is 13.2 Å². The number of hydrogen-bond acceptors (Lipinski definition) is 3. The monoisotopic (exact) mass is 200 g/mol. The summed E-state index contributed by atoms with van der Waals surface area (Å²) in [5.74, 6) is -1.95. The van der Waals surface area contributed by atoms with E-state index in [0.29, 0.717) is 6.54 Å². The molecule has 78 valence electrons. The minimum absolute atomic E-state index is 0.0901. The zero-order chi connectivity index (χ0) is 10.3. The number of carbonyl (C=O) groups excluding carboxylic acids is 1. The highest BCUT2D eigenvalue weighted by atomic mass is 19.4. The Morgan fingerprint density at radius 1 is 1.23 bits per heavy atom. The molecule has 0 unspecified atom stereocenters. The van der Waals surface area contributed by atoms with Gasteiger partial charge in [-0.05, 0) is 0 Å². The smallest absolute Gasteiger partial charge is 0.395 e. The van der Waals surface area contributed by atoms with E-state index in [2.05, 4.69) is 5.32 Å². The highest BCUT2D eigenvalue weighted by Crippen LogP contribution is 2.13. The summed E-state index contributed by atoms with van der Waals surface area (Å²) in [6.07, 6.45) is -4.82. The molecule has 0 saturated heterocycles. The molecule has 4 nitrogen and oxygen atoms in total. The van der Waals surface area contributed by atoms with Gasteiger partial charge in [0.1, 0.15) is 0 Å². The summed E-state index contributed by atoms with van der Waals surface area (Å²) in [5.41, 5.74) is 0. The molecular formula is C6H11F3N2O2. The van der Waals surface area contributed by atoms with Gasteiger partial charge in [0, 0.05) is 19.6 Å². The van der Waals surface area contributed by atoms with Crippen molar-refractivity contribution in [3.8, 4) is 0 Å². The van der Waals surface area contributed by atoms with E-state index in [1.54, 1.807) is 5.32 Å². The van der Waals surface area contributed by atoms with Gasteiger partial charge >= 0.3 is 12.1 Å². The third-order valence-electron chi connectivity index (χ3n) is 1.13. The number of aliphatic hydroxyl groups excluding tert-OH is 1. The number of halogens is 3. The molecule has 0 rings (SSSR count). The second-order valence-electron chi connectivity index (χ2n) is 2.23. The van der Waals surface area contributed by atoms with Gasteiger partial charge in [0.05, 0.1) is 6.61 Å². The fourth-order valence-electron chi connectivity index (χ4n) is 0.569. The average molecular weight is 200 g/mol. The lowest BCUT2D eigenvalue weighted by molar-refractivity contribution is -0.173. The van der Waals surface area contributed by atoms with Gasteiger partial charge in [-0.15, -0.1) is 0 Å². The predicted octanol–water partition coefficient (Wildman–Crippen LogP) is -0.753. The van der Waals surface area contributed by atoms with Crippen molar-refractivity contribution in [3.63, 3.8) is 0 Å². The minimum atomic E-state index is -4.82. The first-order chi connectivity index (χ1) is 5.98. The number of amides is 1. The van der Waals surface area contributed by atoms with Gasteiger partial charge < -0.3 is 15.7 Å². The van der Waals surface area contributed by atoms with Crippen molar-refractivity contribution in [2.24, 2.45) is 0 Å². The van der Waals surface area contributed by atoms with Crippen LogP contribution in [0.15, 0.2) is 0 Å². The molecule has 0 fully saturated rings. The Labute approximate surface area is 73.1 Å². The van der Waals surface area contributed by atoms with Crippen LogP contribution in [0.1, 0.15) is 0 Å². The van der Waals surface area contributed by atoms with Gasteiger partial charge in [0.2, 0.25) is 0 Å². The molecule has 0 aliphatic rings. The normalized spacial score (nSPS) is 11.4. The summed E-state index contributed by atoms with van der Waals surface area (Å²) >= 11 is 0. The van der Waals surface area contributed by atoms with E-state index in [1.807, 2.05) is 0 Å². The zero-order valence-electron chi connectivity index (χ0n) is 6.82. The van der Waals surface area contributed by atoms with Crippen molar-refractivity contribution >= 4 is 5.91 Å². The molecule has 0 radical (unpaired) electrons. The second kappa shape index (κ2) is 5.76. The summed E-state index contributed by atoms with van der Waals surface area (Å²) in [6, 6.07) is 0. The van der Waals surface area contributed by atoms with Crippen molar-refractivity contribution in [1.29, 1.82) is 0 Å². The molecule has 3 N–H and O–H groups in total. The topological polar surface area (TPSA) is 61.4 Å². The van der Waals surface area contributed by atoms with Crippen molar-refractivity contribution in [1.82, 2.24) is 10.6 Å². The summed E-state index contributed by atoms with van der Waals surface area (Å²) in [4.78, 5) is 10.2. The van der Waals surface area contributed by atoms with Crippen LogP contribution in [-0.2, 0) is 4.79 Å². The van der Waals surface area contributed by atoms with Gasteiger partial charge in [0.15, 0.2) is 0 Å². The molecule has 1 amide bonds. The van der Waals surface area contributed by atoms with Gasteiger partial charge in [-0.3, -0.25) is 4.79 Å². The Balaban J connectivity index is 3.38. The van der Waals surface area contributed by atoms with E-state index >= 15 is 0 Å². The summed E-state index contributed by atoms with van der Waals surface area (Å²) in [5, 5.41) is 12.6. The lowest BCUT2D eigenvalue weighted by Crippen LogP contribution is -2.40. The van der Waals surface area contributed by atoms with E-state index in [-0.39, 0.29) is 19.7 Å². The van der Waals surface area contributed by atoms with Crippen LogP contribution in [0.25, 0.3) is 0 Å². The Bertz CT molecular complexity index is 160. The van der Waals surface area contributed by atoms with Crippen molar-refractivity contribution in [2.45, 2.75) is 6.18 Å². The fraction of sp³-hybridized carbons (Fsp3) is 0.833. The van der Waals surface area contributed by atoms with E-state index in [1.165, 1.54) is 0 Å². The first-order valence-electron chi connectivity index (χ1n) is 3.65. The Hall–Kier alpha value is -0.820. The highest BCUT2D eigenvalue weighted by Gasteiger charge is 2.38. The molecule has 7 heteroatoms. The summed E-state index contributed by atoms with van der Waals surface area (Å²) in [6.45, 7) is 0.288. The molecule has 0 saturated carbocycles. The number of aliphatic hydroxyl groups is 1. The molecule has 0 aliphatic heterocycles. The van der Waals surface area contributed by atoms with Crippen LogP contribution in [0, 0.1) is 0 Å². The molecule has 0 bridgehead atoms. The second-order valence-corrected chi connectivity index (χ2v) is 2.23. The zero-order valence-corrected chi connectivity index (χ0v) is 6.82. The molecule has 0 aliphatic carbocycles. The maximum atomic E-state index is 11.6. The summed E-state index contributed by atoms with van der Waals surface area (Å²) in [7, 11) is 0. The molecule has 0 aromatic heterocycles. The third kappa shape index (κ3) is 6.35. The lowest BCUT2D eigenvalue weighted by atomic mass is 10.5. The third-order valence-corrected chi connectivity index (χ3v) is 1.13. The van der Waals surface area contributed by atoms with Crippen LogP contribution >= 0.6 is 0 Å². The highest BCUT2D eigenvalue weighted by molar-refractivity contribution is 5.81. The minimum Gasteiger partial charge on any atom is -0.395 e. The van der Waals surface area contributed by atoms with Crippen molar-refractivity contribution in [2.75, 3.05) is 26.2 Å². The standard InChI is InChI=1S/C6H11F3N2O2/c7-6(8,9)5(13)11-2-1-10-3-4-12/h10,12H,1-4H2,(H,11,13). The first kappa shape index (κ1) is 12.2. The van der Waals surface area contributed by atoms with Crippen LogP contribution in [-0.4, -0.2) is 43.4 Å². The van der Waals surface area contributed by atoms with Crippen LogP contribution in [0.5, 0.6) is 0 Å². The van der Waals surface area contributed by atoms with Gasteiger partial charge in [-0.25, -0.2) is 0 Å². The Kier molecular flexibility index (Phi) is 5.40. The quantitative estimate of drug-likeness (QED) is 0.511. The van der Waals surface area contributed by atoms with Gasteiger partial charge in [-0.1, -0.05) is 0 Å². The number of nitrogens with one attached hydrogen (secondary N) is 2. The van der Waals surface area contributed by atoms with Crippen LogP contribution < -0.4 is 10.6 Å². The molecule has 0 aromatic carbocycles. The lowest BCUT2D eigenvalue weighted by Gasteiger charge is -2.07. The number of alkyl halides is 3. The molecular weight excluding hydrogens is 189 g/mol. The largest absolute Gasteiger partial charge is 0.471 e. The van der Waals surface area contributed by atoms with E-state index in [9.17, 15) is 18.0 Å². The molecule has 0 aromatic rings. The van der Waals surface area contributed by atoms with Crippen LogP contribution in [0.3, 0.4) is 0 Å². The van der Waals surface area contributed by atoms with Crippen molar-refractivity contribution < 1.29 is 23.1 Å². The van der Waals surface area contributed by atoms with Crippen LogP contribution in [0.2, 0.25) is 0 Å². The van der Waals surface area contributed by atoms with E-state index in [0.717, 1.165) is 0 Å². The molecule has 0 spiro atoms. The predicted molar refractivity (Wildman–Crippen MR) is 39.0 cm³/mol. The van der Waals surface area contributed by atoms with Gasteiger partial charge in [0.25, 0.3) is 0 Å². The SMILES string of the molecule is O=C(NCCNCCO)C(F)(F)F.